The van der Waals surface area contributed by atoms with Crippen molar-refractivity contribution in [3.05, 3.63) is 52.1 Å². The maximum Gasteiger partial charge on any atom is 0.221 e. The smallest absolute Gasteiger partial charge is 0.221 e. The van der Waals surface area contributed by atoms with E-state index in [0.717, 1.165) is 11.4 Å². The normalized spacial score (nSPS) is 18.6. The Morgan fingerprint density at radius 1 is 1.45 bits per heavy atom. The van der Waals surface area contributed by atoms with Gasteiger partial charge in [-0.25, -0.2) is 4.39 Å². The highest BCUT2D eigenvalue weighted by Gasteiger charge is 2.29. The van der Waals surface area contributed by atoms with Gasteiger partial charge in [-0.3, -0.25) is 14.4 Å². The molecular weight excluding hydrogens is 395 g/mol. The Hall–Kier alpha value is -1.96. The highest BCUT2D eigenvalue weighted by molar-refractivity contribution is 6.31. The van der Waals surface area contributed by atoms with Gasteiger partial charge in [0.05, 0.1) is 24.4 Å². The zero-order valence-electron chi connectivity index (χ0n) is 17.1. The van der Waals surface area contributed by atoms with E-state index in [1.165, 1.54) is 6.07 Å². The van der Waals surface area contributed by atoms with Crippen LogP contribution in [0.15, 0.2) is 24.3 Å². The minimum atomic E-state index is -0.362. The summed E-state index contributed by atoms with van der Waals surface area (Å²) in [6, 6.07) is 6.30. The maximum absolute atomic E-state index is 14.6. The summed E-state index contributed by atoms with van der Waals surface area (Å²) < 4.78 is 22.1. The number of halogens is 2. The molecule has 8 heteroatoms. The fraction of sp³-hybridized carbons (Fsp3) is 0.524. The van der Waals surface area contributed by atoms with Gasteiger partial charge in [0, 0.05) is 48.9 Å². The monoisotopic (exact) mass is 422 g/mol. The van der Waals surface area contributed by atoms with Crippen LogP contribution in [0.1, 0.15) is 36.3 Å². The Morgan fingerprint density at radius 3 is 2.90 bits per heavy atom. The van der Waals surface area contributed by atoms with Crippen molar-refractivity contribution in [1.29, 1.82) is 0 Å². The first-order chi connectivity index (χ1) is 13.8. The predicted molar refractivity (Wildman–Crippen MR) is 110 cm³/mol. The number of nitrogens with zero attached hydrogens (tertiary/aromatic N) is 3. The number of benzene rings is 1. The molecule has 1 fully saturated rings. The van der Waals surface area contributed by atoms with Crippen molar-refractivity contribution in [2.24, 2.45) is 0 Å². The third kappa shape index (κ3) is 5.56. The lowest BCUT2D eigenvalue weighted by Gasteiger charge is -2.38. The van der Waals surface area contributed by atoms with Crippen LogP contribution < -0.4 is 5.32 Å². The molecule has 0 bridgehead atoms. The van der Waals surface area contributed by atoms with Gasteiger partial charge in [0.25, 0.3) is 0 Å². The second-order valence-electron chi connectivity index (χ2n) is 7.53. The first-order valence-corrected chi connectivity index (χ1v) is 10.3. The van der Waals surface area contributed by atoms with Crippen LogP contribution >= 0.6 is 11.6 Å². The van der Waals surface area contributed by atoms with E-state index in [9.17, 15) is 9.18 Å². The lowest BCUT2D eigenvalue weighted by molar-refractivity contribution is -0.121. The molecule has 29 heavy (non-hydrogen) atoms. The first kappa shape index (κ1) is 21.7. The quantitative estimate of drug-likeness (QED) is 0.744. The van der Waals surface area contributed by atoms with Crippen molar-refractivity contribution >= 4 is 17.5 Å². The fourth-order valence-corrected chi connectivity index (χ4v) is 4.07. The fourth-order valence-electron chi connectivity index (χ4n) is 3.78. The van der Waals surface area contributed by atoms with E-state index in [4.69, 9.17) is 16.3 Å². The Labute approximate surface area is 176 Å². The van der Waals surface area contributed by atoms with Crippen molar-refractivity contribution < 1.29 is 13.9 Å². The zero-order chi connectivity index (χ0) is 21.0. The Morgan fingerprint density at radius 2 is 2.24 bits per heavy atom. The minimum absolute atomic E-state index is 0.0403. The van der Waals surface area contributed by atoms with Gasteiger partial charge in [0.2, 0.25) is 5.91 Å². The van der Waals surface area contributed by atoms with E-state index in [1.54, 1.807) is 12.1 Å². The van der Waals surface area contributed by atoms with Gasteiger partial charge < -0.3 is 10.1 Å². The molecular formula is C21H28ClFN4O2. The van der Waals surface area contributed by atoms with E-state index < -0.39 is 0 Å². The van der Waals surface area contributed by atoms with E-state index in [-0.39, 0.29) is 30.4 Å². The molecule has 1 aromatic heterocycles. The third-order valence-corrected chi connectivity index (χ3v) is 5.52. The molecule has 2 unspecified atom stereocenters. The number of carbonyl (C=O) groups is 1. The highest BCUT2D eigenvalue weighted by Crippen LogP contribution is 2.31. The summed E-state index contributed by atoms with van der Waals surface area (Å²) in [6.07, 6.45) is 0.345. The lowest BCUT2D eigenvalue weighted by atomic mass is 10.0. The van der Waals surface area contributed by atoms with Gasteiger partial charge in [0.1, 0.15) is 5.82 Å². The number of nitrogens with one attached hydrogen (secondary N) is 1. The summed E-state index contributed by atoms with van der Waals surface area (Å²) in [5.41, 5.74) is 2.37. The van der Waals surface area contributed by atoms with Crippen LogP contribution in [0.4, 0.5) is 4.39 Å². The molecule has 6 nitrogen and oxygen atoms in total. The van der Waals surface area contributed by atoms with Crippen LogP contribution in [0.25, 0.3) is 0 Å². The summed E-state index contributed by atoms with van der Waals surface area (Å²) in [4.78, 5) is 14.6. The van der Waals surface area contributed by atoms with Gasteiger partial charge in [-0.2, -0.15) is 5.10 Å². The van der Waals surface area contributed by atoms with Crippen LogP contribution in [-0.4, -0.2) is 52.9 Å². The number of ether oxygens (including phenoxy) is 1. The average molecular weight is 423 g/mol. The second kappa shape index (κ2) is 9.69. The SMILES string of the molecule is Cc1cc(C)n(CCC(=O)NCC(c2c(F)cccc2Cl)N2CCOC(C)C2)n1. The maximum atomic E-state index is 14.6. The van der Waals surface area contributed by atoms with Gasteiger partial charge in [-0.1, -0.05) is 17.7 Å². The van der Waals surface area contributed by atoms with Crippen molar-refractivity contribution in [2.75, 3.05) is 26.2 Å². The van der Waals surface area contributed by atoms with Crippen LogP contribution in [-0.2, 0) is 16.1 Å². The number of aromatic nitrogens is 2. The number of rotatable bonds is 7. The van der Waals surface area contributed by atoms with E-state index in [0.29, 0.717) is 43.2 Å². The largest absolute Gasteiger partial charge is 0.376 e. The molecule has 0 spiro atoms. The van der Waals surface area contributed by atoms with Gasteiger partial charge in [0.15, 0.2) is 0 Å². The molecule has 2 heterocycles. The number of aryl methyl sites for hydroxylation is 3. The molecule has 1 aromatic carbocycles. The number of carbonyl (C=O) groups excluding carboxylic acids is 1. The summed E-state index contributed by atoms with van der Waals surface area (Å²) in [7, 11) is 0. The van der Waals surface area contributed by atoms with E-state index in [1.807, 2.05) is 31.5 Å². The van der Waals surface area contributed by atoms with Gasteiger partial charge >= 0.3 is 0 Å². The topological polar surface area (TPSA) is 59.4 Å². The molecule has 1 amide bonds. The summed E-state index contributed by atoms with van der Waals surface area (Å²) >= 11 is 6.33. The molecule has 1 N–H and O–H groups in total. The molecule has 0 radical (unpaired) electrons. The Balaban J connectivity index is 1.68. The molecule has 3 rings (SSSR count). The molecule has 1 saturated heterocycles. The van der Waals surface area contributed by atoms with Crippen molar-refractivity contribution in [1.82, 2.24) is 20.0 Å². The number of amides is 1. The first-order valence-electron chi connectivity index (χ1n) is 9.92. The molecule has 1 aliphatic heterocycles. The summed E-state index contributed by atoms with van der Waals surface area (Å²) in [5.74, 6) is -0.463. The van der Waals surface area contributed by atoms with Crippen LogP contribution in [0.2, 0.25) is 5.02 Å². The Bertz CT molecular complexity index is 837. The second-order valence-corrected chi connectivity index (χ2v) is 7.94. The summed E-state index contributed by atoms with van der Waals surface area (Å²) in [6.45, 7) is 8.53. The van der Waals surface area contributed by atoms with E-state index in [2.05, 4.69) is 15.3 Å². The molecule has 158 valence electrons. The number of morpholine rings is 1. The van der Waals surface area contributed by atoms with E-state index >= 15 is 0 Å². The molecule has 2 atom stereocenters. The van der Waals surface area contributed by atoms with Gasteiger partial charge in [-0.15, -0.1) is 0 Å². The summed E-state index contributed by atoms with van der Waals surface area (Å²) in [5, 5.41) is 7.70. The highest BCUT2D eigenvalue weighted by atomic mass is 35.5. The molecule has 1 aliphatic rings. The van der Waals surface area contributed by atoms with Crippen LogP contribution in [0, 0.1) is 19.7 Å². The number of hydrogen-bond acceptors (Lipinski definition) is 4. The molecule has 2 aromatic rings. The number of hydrogen-bond donors (Lipinski definition) is 1. The Kier molecular flexibility index (Phi) is 7.27. The van der Waals surface area contributed by atoms with Crippen LogP contribution in [0.3, 0.4) is 0 Å². The molecule has 0 saturated carbocycles. The third-order valence-electron chi connectivity index (χ3n) is 5.19. The van der Waals surface area contributed by atoms with Crippen molar-refractivity contribution in [2.45, 2.75) is 45.9 Å². The predicted octanol–water partition coefficient (Wildman–Crippen LogP) is 3.26. The zero-order valence-corrected chi connectivity index (χ0v) is 17.9. The standard InChI is InChI=1S/C21H28ClFN4O2/c1-14-11-15(2)27(25-14)8-7-20(28)24-12-19(26-9-10-29-16(3)13-26)21-17(22)5-4-6-18(21)23/h4-6,11,16,19H,7-10,12-13H2,1-3H3,(H,24,28). The van der Waals surface area contributed by atoms with Crippen molar-refractivity contribution in [3.8, 4) is 0 Å². The lowest BCUT2D eigenvalue weighted by Crippen LogP contribution is -2.47. The van der Waals surface area contributed by atoms with Crippen molar-refractivity contribution in [3.63, 3.8) is 0 Å². The van der Waals surface area contributed by atoms with Crippen LogP contribution in [0.5, 0.6) is 0 Å². The van der Waals surface area contributed by atoms with Gasteiger partial charge in [-0.05, 0) is 39.0 Å². The average Bonchev–Trinajstić information content (AvgIpc) is 2.99. The molecule has 0 aliphatic carbocycles. The minimum Gasteiger partial charge on any atom is -0.376 e.